The number of aromatic nitrogens is 1. The summed E-state index contributed by atoms with van der Waals surface area (Å²) in [4.78, 5) is 19.5. The van der Waals surface area contributed by atoms with Gasteiger partial charge < -0.3 is 14.6 Å². The molecule has 2 aromatic heterocycles. The molecule has 0 spiro atoms. The second-order valence-corrected chi connectivity index (χ2v) is 9.43. The van der Waals surface area contributed by atoms with E-state index in [1.165, 1.54) is 16.8 Å². The maximum Gasteiger partial charge on any atom is 0.291 e. The fourth-order valence-corrected chi connectivity index (χ4v) is 5.62. The maximum atomic E-state index is 12.8. The predicted molar refractivity (Wildman–Crippen MR) is 110 cm³/mol. The topological polar surface area (TPSA) is 95.7 Å². The molecule has 2 fully saturated rings. The summed E-state index contributed by atoms with van der Waals surface area (Å²) in [6.45, 7) is 4.38. The lowest BCUT2D eigenvalue weighted by atomic mass is 10.1. The zero-order chi connectivity index (χ0) is 20.4. The first-order chi connectivity index (χ1) is 14.0. The Morgan fingerprint density at radius 1 is 1.10 bits per heavy atom. The molecule has 2 aliphatic rings. The van der Waals surface area contributed by atoms with Gasteiger partial charge in [0.1, 0.15) is 10.7 Å². The van der Waals surface area contributed by atoms with Gasteiger partial charge in [0.25, 0.3) is 5.91 Å². The van der Waals surface area contributed by atoms with E-state index >= 15 is 0 Å². The molecule has 0 aliphatic carbocycles. The molecule has 1 amide bonds. The molecule has 0 saturated carbocycles. The highest BCUT2D eigenvalue weighted by Crippen LogP contribution is 2.29. The number of sulfonamides is 1. The molecular weight excluding hydrogens is 392 g/mol. The molecule has 8 nitrogen and oxygen atoms in total. The molecule has 4 heterocycles. The molecule has 9 heteroatoms. The van der Waals surface area contributed by atoms with Gasteiger partial charge in [-0.1, -0.05) is 0 Å². The molecule has 2 aliphatic heterocycles. The smallest absolute Gasteiger partial charge is 0.291 e. The van der Waals surface area contributed by atoms with E-state index < -0.39 is 15.9 Å². The number of hydrogen-bond acceptors (Lipinski definition) is 6. The van der Waals surface area contributed by atoms with E-state index in [9.17, 15) is 13.2 Å². The van der Waals surface area contributed by atoms with Crippen LogP contribution in [0.15, 0.2) is 33.7 Å². The summed E-state index contributed by atoms with van der Waals surface area (Å²) >= 11 is 0. The third kappa shape index (κ3) is 4.02. The largest absolute Gasteiger partial charge is 0.455 e. The molecule has 0 atom stereocenters. The Morgan fingerprint density at radius 3 is 2.52 bits per heavy atom. The zero-order valence-electron chi connectivity index (χ0n) is 16.6. The number of carbonyl (C=O) groups excluding carboxylic acids is 1. The minimum Gasteiger partial charge on any atom is -0.455 e. The van der Waals surface area contributed by atoms with Crippen molar-refractivity contribution in [2.75, 3.05) is 36.4 Å². The lowest BCUT2D eigenvalue weighted by molar-refractivity contribution is 0.0995. The van der Waals surface area contributed by atoms with E-state index in [1.54, 1.807) is 25.3 Å². The Morgan fingerprint density at radius 2 is 1.79 bits per heavy atom. The number of rotatable bonds is 5. The van der Waals surface area contributed by atoms with Crippen LogP contribution in [0.5, 0.6) is 0 Å². The lowest BCUT2D eigenvalue weighted by Crippen LogP contribution is -2.31. The molecule has 2 aromatic rings. The van der Waals surface area contributed by atoms with Gasteiger partial charge in [-0.25, -0.2) is 13.4 Å². The number of pyridine rings is 1. The quantitative estimate of drug-likeness (QED) is 0.802. The van der Waals surface area contributed by atoms with Gasteiger partial charge >= 0.3 is 0 Å². The van der Waals surface area contributed by atoms with Gasteiger partial charge in [0.15, 0.2) is 11.6 Å². The van der Waals surface area contributed by atoms with Gasteiger partial charge in [-0.15, -0.1) is 0 Å². The van der Waals surface area contributed by atoms with Crippen molar-refractivity contribution in [3.8, 4) is 0 Å². The number of carbonyl (C=O) groups is 1. The van der Waals surface area contributed by atoms with Crippen LogP contribution >= 0.6 is 0 Å². The Labute approximate surface area is 170 Å². The first kappa shape index (κ1) is 19.9. The fraction of sp³-hybridized carbons (Fsp3) is 0.500. The van der Waals surface area contributed by atoms with Crippen molar-refractivity contribution in [2.24, 2.45) is 0 Å². The summed E-state index contributed by atoms with van der Waals surface area (Å²) in [5.74, 6) is 0.453. The summed E-state index contributed by atoms with van der Waals surface area (Å²) < 4.78 is 32.6. The SMILES string of the molecule is Cc1oc(C(=O)Nc2cccnc2N2CCCCC2)cc1S(=O)(=O)N1CCCC1. The molecule has 156 valence electrons. The molecule has 1 N–H and O–H groups in total. The third-order valence-corrected chi connectivity index (χ3v) is 7.48. The molecule has 29 heavy (non-hydrogen) atoms. The van der Waals surface area contributed by atoms with E-state index in [1.807, 2.05) is 0 Å². The van der Waals surface area contributed by atoms with Gasteiger partial charge in [-0.2, -0.15) is 4.31 Å². The van der Waals surface area contributed by atoms with Crippen LogP contribution in [0.25, 0.3) is 0 Å². The van der Waals surface area contributed by atoms with Crippen LogP contribution in [0.4, 0.5) is 11.5 Å². The second kappa shape index (κ2) is 8.16. The first-order valence-corrected chi connectivity index (χ1v) is 11.5. The van der Waals surface area contributed by atoms with Gasteiger partial charge in [0.05, 0.1) is 5.69 Å². The Balaban J connectivity index is 1.56. The van der Waals surface area contributed by atoms with Crippen molar-refractivity contribution in [3.63, 3.8) is 0 Å². The first-order valence-electron chi connectivity index (χ1n) is 10.1. The highest BCUT2D eigenvalue weighted by Gasteiger charge is 2.32. The summed E-state index contributed by atoms with van der Waals surface area (Å²) in [6, 6.07) is 4.89. The van der Waals surface area contributed by atoms with Crippen LogP contribution in [-0.4, -0.2) is 49.8 Å². The predicted octanol–water partition coefficient (Wildman–Crippen LogP) is 3.01. The normalized spacial score (nSPS) is 18.2. The molecule has 0 unspecified atom stereocenters. The van der Waals surface area contributed by atoms with Crippen LogP contribution in [0, 0.1) is 6.92 Å². The van der Waals surface area contributed by atoms with Crippen molar-refractivity contribution in [1.82, 2.24) is 9.29 Å². The van der Waals surface area contributed by atoms with Crippen LogP contribution in [0.1, 0.15) is 48.4 Å². The van der Waals surface area contributed by atoms with Crippen molar-refractivity contribution in [1.29, 1.82) is 0 Å². The van der Waals surface area contributed by atoms with Gasteiger partial charge in [-0.05, 0) is 51.2 Å². The average Bonchev–Trinajstić information content (AvgIpc) is 3.40. The minimum absolute atomic E-state index is 0.0197. The minimum atomic E-state index is -3.64. The highest BCUT2D eigenvalue weighted by atomic mass is 32.2. The number of furan rings is 1. The molecule has 4 rings (SSSR count). The number of amides is 1. The summed E-state index contributed by atoms with van der Waals surface area (Å²) in [5.41, 5.74) is 0.595. The molecule has 0 bridgehead atoms. The molecule has 0 radical (unpaired) electrons. The van der Waals surface area contributed by atoms with E-state index in [0.717, 1.165) is 44.6 Å². The standard InChI is InChI=1S/C20H26N4O4S/c1-15-18(29(26,27)24-12-5-6-13-24)14-17(28-15)20(25)22-16-8-7-9-21-19(16)23-10-3-2-4-11-23/h7-9,14H,2-6,10-13H2,1H3,(H,22,25). The number of hydrogen-bond donors (Lipinski definition) is 1. The van der Waals surface area contributed by atoms with Gasteiger partial charge in [-0.3, -0.25) is 4.79 Å². The Kier molecular flexibility index (Phi) is 5.60. The molecular formula is C20H26N4O4S. The molecule has 2 saturated heterocycles. The van der Waals surface area contributed by atoms with Crippen LogP contribution in [0.3, 0.4) is 0 Å². The summed E-state index contributed by atoms with van der Waals surface area (Å²) in [7, 11) is -3.64. The fourth-order valence-electron chi connectivity index (χ4n) is 3.94. The van der Waals surface area contributed by atoms with Crippen LogP contribution in [-0.2, 0) is 10.0 Å². The van der Waals surface area contributed by atoms with Crippen molar-refractivity contribution in [3.05, 3.63) is 35.9 Å². The Bertz CT molecular complexity index is 990. The number of piperidine rings is 1. The number of aryl methyl sites for hydroxylation is 1. The van der Waals surface area contributed by atoms with E-state index in [0.29, 0.717) is 18.8 Å². The maximum absolute atomic E-state index is 12.8. The highest BCUT2D eigenvalue weighted by molar-refractivity contribution is 7.89. The van der Waals surface area contributed by atoms with E-state index in [4.69, 9.17) is 4.42 Å². The van der Waals surface area contributed by atoms with E-state index in [2.05, 4.69) is 15.2 Å². The van der Waals surface area contributed by atoms with Gasteiger partial charge in [0.2, 0.25) is 10.0 Å². The number of anilines is 2. The Hall–Kier alpha value is -2.39. The third-order valence-electron chi connectivity index (χ3n) is 5.47. The van der Waals surface area contributed by atoms with Crippen molar-refractivity contribution < 1.29 is 17.6 Å². The lowest BCUT2D eigenvalue weighted by Gasteiger charge is -2.29. The monoisotopic (exact) mass is 418 g/mol. The van der Waals surface area contributed by atoms with Crippen LogP contribution in [0.2, 0.25) is 0 Å². The van der Waals surface area contributed by atoms with Crippen molar-refractivity contribution in [2.45, 2.75) is 43.9 Å². The van der Waals surface area contributed by atoms with Crippen molar-refractivity contribution >= 4 is 27.4 Å². The summed E-state index contributed by atoms with van der Waals surface area (Å²) in [6.07, 6.45) is 6.80. The zero-order valence-corrected chi connectivity index (χ0v) is 17.4. The average molecular weight is 419 g/mol. The second-order valence-electron chi connectivity index (χ2n) is 7.52. The van der Waals surface area contributed by atoms with Gasteiger partial charge in [0, 0.05) is 38.4 Å². The van der Waals surface area contributed by atoms with Crippen LogP contribution < -0.4 is 10.2 Å². The summed E-state index contributed by atoms with van der Waals surface area (Å²) in [5, 5.41) is 2.84. The molecule has 0 aromatic carbocycles. The van der Waals surface area contributed by atoms with E-state index in [-0.39, 0.29) is 16.4 Å². The number of nitrogens with zero attached hydrogens (tertiary/aromatic N) is 3. The number of nitrogens with one attached hydrogen (secondary N) is 1.